The molecule has 0 spiro atoms. The number of methoxy groups -OCH3 is 2. The number of amides is 1. The molecule has 31 heavy (non-hydrogen) atoms. The summed E-state index contributed by atoms with van der Waals surface area (Å²) in [7, 11) is 3.04. The van der Waals surface area contributed by atoms with Gasteiger partial charge in [-0.05, 0) is 30.7 Å². The number of hydrogen-bond donors (Lipinski definition) is 2. The van der Waals surface area contributed by atoms with Crippen LogP contribution in [0.2, 0.25) is 0 Å². The van der Waals surface area contributed by atoms with Crippen LogP contribution in [0, 0.1) is 10.1 Å². The van der Waals surface area contributed by atoms with Crippen LogP contribution in [-0.4, -0.2) is 43.7 Å². The normalized spacial score (nSPS) is 11.2. The minimum Gasteiger partial charge on any atom is -0.493 e. The summed E-state index contributed by atoms with van der Waals surface area (Å²) in [6.07, 6.45) is 0. The Morgan fingerprint density at radius 1 is 1.10 bits per heavy atom. The number of carbonyl (C=O) groups excluding carboxylic acids is 2. The number of nitro benzene ring substituents is 1. The Bertz CT molecular complexity index is 962. The van der Waals surface area contributed by atoms with Crippen molar-refractivity contribution in [1.82, 2.24) is 5.32 Å². The van der Waals surface area contributed by atoms with Crippen LogP contribution in [0.5, 0.6) is 11.5 Å². The van der Waals surface area contributed by atoms with E-state index in [1.165, 1.54) is 39.3 Å². The van der Waals surface area contributed by atoms with E-state index in [9.17, 15) is 19.7 Å². The van der Waals surface area contributed by atoms with Gasteiger partial charge in [-0.1, -0.05) is 6.07 Å². The van der Waals surface area contributed by atoms with Crippen LogP contribution in [0.25, 0.3) is 0 Å². The van der Waals surface area contributed by atoms with Gasteiger partial charge >= 0.3 is 5.97 Å². The van der Waals surface area contributed by atoms with Gasteiger partial charge in [-0.3, -0.25) is 19.7 Å². The number of nitro groups is 1. The van der Waals surface area contributed by atoms with Crippen molar-refractivity contribution in [2.45, 2.75) is 26.4 Å². The maximum Gasteiger partial charge on any atom is 0.302 e. The molecule has 0 fully saturated rings. The molecule has 2 aromatic rings. The van der Waals surface area contributed by atoms with Crippen molar-refractivity contribution < 1.29 is 28.7 Å². The molecule has 0 aliphatic carbocycles. The summed E-state index contributed by atoms with van der Waals surface area (Å²) in [5.41, 5.74) is 1.03. The molecule has 0 radical (unpaired) electrons. The molecule has 0 saturated heterocycles. The molecule has 1 amide bonds. The number of benzene rings is 2. The Balaban J connectivity index is 2.19. The zero-order valence-corrected chi connectivity index (χ0v) is 17.8. The Morgan fingerprint density at radius 3 is 2.42 bits per heavy atom. The van der Waals surface area contributed by atoms with E-state index in [1.807, 2.05) is 0 Å². The first-order valence-corrected chi connectivity index (χ1v) is 9.42. The van der Waals surface area contributed by atoms with Crippen LogP contribution in [0.3, 0.4) is 0 Å². The van der Waals surface area contributed by atoms with Crippen molar-refractivity contribution in [2.75, 3.05) is 26.1 Å². The third-order valence-corrected chi connectivity index (χ3v) is 4.30. The van der Waals surface area contributed by atoms with Gasteiger partial charge in [0.05, 0.1) is 30.7 Å². The second-order valence-electron chi connectivity index (χ2n) is 6.71. The van der Waals surface area contributed by atoms with Gasteiger partial charge in [0, 0.05) is 31.3 Å². The molecule has 0 aliphatic rings. The second-order valence-corrected chi connectivity index (χ2v) is 6.71. The lowest BCUT2D eigenvalue weighted by Crippen LogP contribution is -2.27. The van der Waals surface area contributed by atoms with E-state index in [4.69, 9.17) is 14.2 Å². The summed E-state index contributed by atoms with van der Waals surface area (Å²) in [5, 5.41) is 17.0. The topological polar surface area (TPSA) is 129 Å². The number of non-ortho nitro benzene ring substituents is 1. The van der Waals surface area contributed by atoms with Crippen molar-refractivity contribution in [1.29, 1.82) is 0 Å². The van der Waals surface area contributed by atoms with Gasteiger partial charge in [-0.25, -0.2) is 0 Å². The molecule has 0 aromatic heterocycles. The summed E-state index contributed by atoms with van der Waals surface area (Å²) in [6, 6.07) is 8.85. The highest BCUT2D eigenvalue weighted by atomic mass is 16.6. The molecule has 2 rings (SSSR count). The lowest BCUT2D eigenvalue weighted by molar-refractivity contribution is -0.384. The van der Waals surface area contributed by atoms with Crippen LogP contribution in [-0.2, 0) is 16.1 Å². The fraction of sp³-hybridized carbons (Fsp3) is 0.333. The highest BCUT2D eigenvalue weighted by Crippen LogP contribution is 2.28. The molecule has 2 aromatic carbocycles. The molecule has 0 heterocycles. The monoisotopic (exact) mass is 431 g/mol. The molecule has 2 N–H and O–H groups in total. The van der Waals surface area contributed by atoms with Gasteiger partial charge in [0.2, 0.25) is 0 Å². The third kappa shape index (κ3) is 6.59. The number of nitrogens with zero attached hydrogens (tertiary/aromatic N) is 1. The predicted molar refractivity (Wildman–Crippen MR) is 114 cm³/mol. The Kier molecular flexibility index (Phi) is 8.18. The van der Waals surface area contributed by atoms with E-state index in [0.29, 0.717) is 17.2 Å². The Labute approximate surface area is 179 Å². The summed E-state index contributed by atoms with van der Waals surface area (Å²) in [6.45, 7) is 3.31. The number of nitrogens with one attached hydrogen (secondary N) is 2. The Hall–Kier alpha value is -3.82. The number of carbonyl (C=O) groups is 2. The largest absolute Gasteiger partial charge is 0.493 e. The first-order valence-electron chi connectivity index (χ1n) is 9.42. The summed E-state index contributed by atoms with van der Waals surface area (Å²) in [5.74, 6) is 0.154. The molecular weight excluding hydrogens is 406 g/mol. The first-order chi connectivity index (χ1) is 14.7. The van der Waals surface area contributed by atoms with E-state index in [2.05, 4.69) is 10.6 Å². The lowest BCUT2D eigenvalue weighted by atomic mass is 10.1. The number of esters is 1. The van der Waals surface area contributed by atoms with Crippen LogP contribution in [0.4, 0.5) is 11.4 Å². The van der Waals surface area contributed by atoms with Crippen LogP contribution >= 0.6 is 0 Å². The van der Waals surface area contributed by atoms with Crippen molar-refractivity contribution >= 4 is 23.3 Å². The third-order valence-electron chi connectivity index (χ3n) is 4.30. The maximum atomic E-state index is 12.8. The number of ether oxygens (including phenoxy) is 3. The number of rotatable bonds is 10. The van der Waals surface area contributed by atoms with Gasteiger partial charge in [0.15, 0.2) is 11.5 Å². The summed E-state index contributed by atoms with van der Waals surface area (Å²) >= 11 is 0. The molecule has 1 atom stereocenters. The van der Waals surface area contributed by atoms with Gasteiger partial charge in [0.25, 0.3) is 11.6 Å². The summed E-state index contributed by atoms with van der Waals surface area (Å²) < 4.78 is 15.4. The highest BCUT2D eigenvalue weighted by molar-refractivity contribution is 6.00. The predicted octanol–water partition coefficient (Wildman–Crippen LogP) is 2.91. The van der Waals surface area contributed by atoms with E-state index >= 15 is 0 Å². The van der Waals surface area contributed by atoms with E-state index in [1.54, 1.807) is 25.1 Å². The van der Waals surface area contributed by atoms with Crippen molar-refractivity contribution in [2.24, 2.45) is 0 Å². The minimum absolute atomic E-state index is 0.0824. The molecule has 10 heteroatoms. The zero-order chi connectivity index (χ0) is 23.0. The van der Waals surface area contributed by atoms with Gasteiger partial charge in [0.1, 0.15) is 6.61 Å². The van der Waals surface area contributed by atoms with Gasteiger partial charge in [-0.2, -0.15) is 0 Å². The van der Waals surface area contributed by atoms with Crippen molar-refractivity contribution in [3.8, 4) is 11.5 Å². The zero-order valence-electron chi connectivity index (χ0n) is 17.8. The van der Waals surface area contributed by atoms with Crippen LogP contribution in [0.15, 0.2) is 36.4 Å². The van der Waals surface area contributed by atoms with Crippen LogP contribution < -0.4 is 20.1 Å². The fourth-order valence-corrected chi connectivity index (χ4v) is 2.78. The SMILES string of the molecule is COc1ccc(CNC(=O)c2cc([N+](=O)[O-])ccc2NC(C)COC(C)=O)cc1OC. The van der Waals surface area contributed by atoms with Crippen molar-refractivity contribution in [3.63, 3.8) is 0 Å². The molecule has 0 aliphatic heterocycles. The van der Waals surface area contributed by atoms with E-state index < -0.39 is 16.8 Å². The molecule has 1 unspecified atom stereocenters. The smallest absolute Gasteiger partial charge is 0.302 e. The average molecular weight is 431 g/mol. The Morgan fingerprint density at radius 2 is 1.81 bits per heavy atom. The first kappa shape index (κ1) is 23.5. The minimum atomic E-state index is -0.572. The maximum absolute atomic E-state index is 12.8. The molecule has 166 valence electrons. The number of anilines is 1. The fourth-order valence-electron chi connectivity index (χ4n) is 2.78. The average Bonchev–Trinajstić information content (AvgIpc) is 2.75. The van der Waals surface area contributed by atoms with Gasteiger partial charge < -0.3 is 24.8 Å². The number of hydrogen-bond acceptors (Lipinski definition) is 8. The van der Waals surface area contributed by atoms with E-state index in [0.717, 1.165) is 5.56 Å². The summed E-state index contributed by atoms with van der Waals surface area (Å²) in [4.78, 5) is 34.4. The van der Waals surface area contributed by atoms with Crippen molar-refractivity contribution in [3.05, 3.63) is 57.6 Å². The molecule has 10 nitrogen and oxygen atoms in total. The highest BCUT2D eigenvalue weighted by Gasteiger charge is 2.18. The van der Waals surface area contributed by atoms with E-state index in [-0.39, 0.29) is 30.4 Å². The molecule has 0 saturated carbocycles. The standard InChI is InChI=1S/C21H25N3O7/c1-13(12-31-14(2)25)23-18-7-6-16(24(27)28)10-17(18)21(26)22-11-15-5-8-19(29-3)20(9-15)30-4/h5-10,13,23H,11-12H2,1-4H3,(H,22,26). The lowest BCUT2D eigenvalue weighted by Gasteiger charge is -2.18. The quantitative estimate of drug-likeness (QED) is 0.334. The second kappa shape index (κ2) is 10.8. The molecule has 0 bridgehead atoms. The van der Waals surface area contributed by atoms with Gasteiger partial charge in [-0.15, -0.1) is 0 Å². The van der Waals surface area contributed by atoms with Crippen LogP contribution in [0.1, 0.15) is 29.8 Å². The molecular formula is C21H25N3O7.